The number of hydrogen-bond acceptors (Lipinski definition) is 7. The second-order valence-corrected chi connectivity index (χ2v) is 8.45. The number of carbonyl (C=O) groups is 1. The van der Waals surface area contributed by atoms with E-state index < -0.39 is 5.97 Å². The van der Waals surface area contributed by atoms with Crippen molar-refractivity contribution in [2.24, 2.45) is 5.10 Å². The minimum atomic E-state index is -0.456. The van der Waals surface area contributed by atoms with Crippen LogP contribution in [0.25, 0.3) is 10.9 Å². The molecule has 0 fully saturated rings. The Balaban J connectivity index is 1.98. The van der Waals surface area contributed by atoms with Crippen LogP contribution in [0, 0.1) is 0 Å². The number of ether oxygens (including phenoxy) is 3. The zero-order chi connectivity index (χ0) is 24.7. The van der Waals surface area contributed by atoms with Gasteiger partial charge in [0.25, 0.3) is 5.56 Å². The maximum absolute atomic E-state index is 13.3. The molecule has 0 aliphatic carbocycles. The van der Waals surface area contributed by atoms with Gasteiger partial charge >= 0.3 is 5.97 Å². The van der Waals surface area contributed by atoms with Crippen LogP contribution in [0.5, 0.6) is 11.5 Å². The Bertz CT molecular complexity index is 1260. The molecule has 34 heavy (non-hydrogen) atoms. The molecule has 8 nitrogen and oxygen atoms in total. The summed E-state index contributed by atoms with van der Waals surface area (Å²) in [6.45, 7) is 8.13. The van der Waals surface area contributed by atoms with Gasteiger partial charge in [0.1, 0.15) is 5.82 Å². The molecule has 0 aliphatic heterocycles. The minimum absolute atomic E-state index is 0.0375. The van der Waals surface area contributed by atoms with Gasteiger partial charge in [-0.2, -0.15) is 9.78 Å². The Morgan fingerprint density at radius 3 is 2.62 bits per heavy atom. The summed E-state index contributed by atoms with van der Waals surface area (Å²) in [5.74, 6) is 1.06. The van der Waals surface area contributed by atoms with Crippen LogP contribution in [-0.4, -0.2) is 41.7 Å². The Morgan fingerprint density at radius 1 is 1.12 bits per heavy atom. The summed E-state index contributed by atoms with van der Waals surface area (Å²) in [5, 5.41) is 4.97. The van der Waals surface area contributed by atoms with Crippen molar-refractivity contribution in [3.05, 3.63) is 62.6 Å². The highest BCUT2D eigenvalue weighted by Crippen LogP contribution is 2.28. The highest BCUT2D eigenvalue weighted by atomic mass is 79.9. The number of esters is 1. The van der Waals surface area contributed by atoms with E-state index in [0.29, 0.717) is 40.4 Å². The van der Waals surface area contributed by atoms with Gasteiger partial charge < -0.3 is 14.2 Å². The monoisotopic (exact) mass is 529 g/mol. The standard InChI is InChI=1S/C25H28BrN3O5/c1-5-16(4)24-28-20-10-9-18(26)13-19(20)25(31)29(24)27-14-17-8-11-21(22(12-17)32-6-2)34-15-23(30)33-7-3/h8-14,16H,5-7,15H2,1-4H3/t16-/m0/s1. The van der Waals surface area contributed by atoms with Gasteiger partial charge in [0.15, 0.2) is 18.1 Å². The number of carbonyl (C=O) groups excluding carboxylic acids is 1. The fraction of sp³-hybridized carbons (Fsp3) is 0.360. The summed E-state index contributed by atoms with van der Waals surface area (Å²) < 4.78 is 18.3. The number of halogens is 1. The van der Waals surface area contributed by atoms with E-state index in [9.17, 15) is 9.59 Å². The molecule has 1 aromatic heterocycles. The van der Waals surface area contributed by atoms with Gasteiger partial charge in [-0.3, -0.25) is 4.79 Å². The number of nitrogens with zero attached hydrogens (tertiary/aromatic N) is 3. The maximum Gasteiger partial charge on any atom is 0.344 e. The molecule has 9 heteroatoms. The van der Waals surface area contributed by atoms with Crippen molar-refractivity contribution in [1.29, 1.82) is 0 Å². The second kappa shape index (κ2) is 11.8. The van der Waals surface area contributed by atoms with E-state index in [1.54, 1.807) is 37.4 Å². The minimum Gasteiger partial charge on any atom is -0.490 e. The molecule has 0 aliphatic rings. The lowest BCUT2D eigenvalue weighted by Gasteiger charge is -2.14. The van der Waals surface area contributed by atoms with Crippen LogP contribution in [0.4, 0.5) is 0 Å². The summed E-state index contributed by atoms with van der Waals surface area (Å²) in [6.07, 6.45) is 2.39. The van der Waals surface area contributed by atoms with Crippen molar-refractivity contribution in [3.8, 4) is 11.5 Å². The maximum atomic E-state index is 13.3. The van der Waals surface area contributed by atoms with Crippen LogP contribution >= 0.6 is 15.9 Å². The van der Waals surface area contributed by atoms with E-state index in [0.717, 1.165) is 10.9 Å². The Morgan fingerprint density at radius 2 is 1.91 bits per heavy atom. The van der Waals surface area contributed by atoms with Crippen molar-refractivity contribution in [3.63, 3.8) is 0 Å². The van der Waals surface area contributed by atoms with Gasteiger partial charge in [0.2, 0.25) is 0 Å². The molecule has 0 amide bonds. The molecule has 0 saturated carbocycles. The molecule has 180 valence electrons. The van der Waals surface area contributed by atoms with Gasteiger partial charge in [-0.05, 0) is 62.2 Å². The van der Waals surface area contributed by atoms with Crippen LogP contribution in [-0.2, 0) is 9.53 Å². The average Bonchev–Trinajstić information content (AvgIpc) is 2.83. The Labute approximate surface area is 206 Å². The molecule has 0 radical (unpaired) electrons. The fourth-order valence-electron chi connectivity index (χ4n) is 3.24. The van der Waals surface area contributed by atoms with E-state index >= 15 is 0 Å². The van der Waals surface area contributed by atoms with Crippen LogP contribution in [0.2, 0.25) is 0 Å². The van der Waals surface area contributed by atoms with E-state index in [2.05, 4.69) is 21.0 Å². The molecule has 1 heterocycles. The highest BCUT2D eigenvalue weighted by molar-refractivity contribution is 9.10. The van der Waals surface area contributed by atoms with Crippen molar-refractivity contribution in [2.45, 2.75) is 40.0 Å². The molecular weight excluding hydrogens is 502 g/mol. The van der Waals surface area contributed by atoms with Crippen LogP contribution in [0.3, 0.4) is 0 Å². The van der Waals surface area contributed by atoms with E-state index in [-0.39, 0.29) is 24.7 Å². The molecule has 0 N–H and O–H groups in total. The van der Waals surface area contributed by atoms with Crippen LogP contribution in [0.1, 0.15) is 51.4 Å². The third-order valence-corrected chi connectivity index (χ3v) is 5.62. The third-order valence-electron chi connectivity index (χ3n) is 5.13. The number of benzene rings is 2. The van der Waals surface area contributed by atoms with Crippen molar-refractivity contribution >= 4 is 39.0 Å². The van der Waals surface area contributed by atoms with Gasteiger partial charge in [-0.15, -0.1) is 0 Å². The molecule has 0 bridgehead atoms. The summed E-state index contributed by atoms with van der Waals surface area (Å²) >= 11 is 3.42. The fourth-order valence-corrected chi connectivity index (χ4v) is 3.60. The summed E-state index contributed by atoms with van der Waals surface area (Å²) in [4.78, 5) is 29.6. The molecule has 0 spiro atoms. The molecule has 0 saturated heterocycles. The van der Waals surface area contributed by atoms with Gasteiger partial charge in [0, 0.05) is 10.4 Å². The second-order valence-electron chi connectivity index (χ2n) is 7.54. The number of aromatic nitrogens is 2. The Kier molecular flexibility index (Phi) is 8.81. The zero-order valence-electron chi connectivity index (χ0n) is 19.7. The van der Waals surface area contributed by atoms with Crippen LogP contribution < -0.4 is 15.0 Å². The van der Waals surface area contributed by atoms with Gasteiger partial charge in [0.05, 0.1) is 30.3 Å². The number of hydrogen-bond donors (Lipinski definition) is 0. The van der Waals surface area contributed by atoms with Crippen molar-refractivity contribution < 1.29 is 19.0 Å². The van der Waals surface area contributed by atoms with Crippen molar-refractivity contribution in [1.82, 2.24) is 9.66 Å². The molecule has 3 rings (SSSR count). The first-order chi connectivity index (χ1) is 16.4. The smallest absolute Gasteiger partial charge is 0.344 e. The lowest BCUT2D eigenvalue weighted by molar-refractivity contribution is -0.145. The number of rotatable bonds is 10. The predicted octanol–water partition coefficient (Wildman–Crippen LogP) is 4.90. The predicted molar refractivity (Wildman–Crippen MR) is 135 cm³/mol. The average molecular weight is 530 g/mol. The zero-order valence-corrected chi connectivity index (χ0v) is 21.3. The molecule has 0 unspecified atom stereocenters. The molecule has 3 aromatic rings. The summed E-state index contributed by atoms with van der Waals surface area (Å²) in [6, 6.07) is 10.6. The van der Waals surface area contributed by atoms with Crippen molar-refractivity contribution in [2.75, 3.05) is 19.8 Å². The van der Waals surface area contributed by atoms with Crippen LogP contribution in [0.15, 0.2) is 50.8 Å². The Hall–Kier alpha value is -3.20. The third kappa shape index (κ3) is 6.02. The SMILES string of the molecule is CCOC(=O)COc1ccc(C=Nn2c([C@@H](C)CC)nc3ccc(Br)cc3c2=O)cc1OCC. The first-order valence-electron chi connectivity index (χ1n) is 11.2. The molecule has 2 aromatic carbocycles. The topological polar surface area (TPSA) is 92.0 Å². The first-order valence-corrected chi connectivity index (χ1v) is 12.0. The summed E-state index contributed by atoms with van der Waals surface area (Å²) in [5.41, 5.74) is 1.09. The van der Waals surface area contributed by atoms with Gasteiger partial charge in [-0.1, -0.05) is 29.8 Å². The lowest BCUT2D eigenvalue weighted by atomic mass is 10.1. The van der Waals surface area contributed by atoms with Gasteiger partial charge in [-0.25, -0.2) is 9.78 Å². The highest BCUT2D eigenvalue weighted by Gasteiger charge is 2.16. The van der Waals surface area contributed by atoms with E-state index in [1.807, 2.05) is 32.9 Å². The van der Waals surface area contributed by atoms with E-state index in [1.165, 1.54) is 4.68 Å². The first kappa shape index (κ1) is 25.4. The number of fused-ring (bicyclic) bond motifs is 1. The molecular formula is C25H28BrN3O5. The largest absolute Gasteiger partial charge is 0.490 e. The summed E-state index contributed by atoms with van der Waals surface area (Å²) in [7, 11) is 0. The quantitative estimate of drug-likeness (QED) is 0.274. The molecule has 1 atom stereocenters. The normalized spacial score (nSPS) is 12.1. The van der Waals surface area contributed by atoms with E-state index in [4.69, 9.17) is 19.2 Å². The lowest BCUT2D eigenvalue weighted by Crippen LogP contribution is -2.23.